The van der Waals surface area contributed by atoms with Gasteiger partial charge in [-0.05, 0) is 75.6 Å². The lowest BCUT2D eigenvalue weighted by molar-refractivity contribution is 0.174. The van der Waals surface area contributed by atoms with E-state index in [4.69, 9.17) is 26.1 Å². The lowest BCUT2D eigenvalue weighted by Gasteiger charge is -2.31. The van der Waals surface area contributed by atoms with Crippen molar-refractivity contribution in [2.75, 3.05) is 6.79 Å². The van der Waals surface area contributed by atoms with Gasteiger partial charge in [0.15, 0.2) is 11.5 Å². The summed E-state index contributed by atoms with van der Waals surface area (Å²) in [6.07, 6.45) is 0.0707. The molecule has 3 aromatic carbocycles. The first-order valence-electron chi connectivity index (χ1n) is 9.64. The van der Waals surface area contributed by atoms with Gasteiger partial charge in [-0.2, -0.15) is 0 Å². The Hall–Kier alpha value is -2.61. The SMILES string of the molecule is Oc1ccc(Cl)cc1[C@@H]1CC(c2ccc3c(c2)OCO3)=N[C@@H](c2ccc(F)c(Br)c2)N1. The Balaban J connectivity index is 1.58. The monoisotopic (exact) mass is 502 g/mol. The number of hydrogen-bond donors (Lipinski definition) is 2. The fourth-order valence-electron chi connectivity index (χ4n) is 3.81. The van der Waals surface area contributed by atoms with Crippen molar-refractivity contribution >= 4 is 33.2 Å². The van der Waals surface area contributed by atoms with Crippen molar-refractivity contribution in [3.8, 4) is 17.2 Å². The maximum atomic E-state index is 13.8. The van der Waals surface area contributed by atoms with E-state index < -0.39 is 6.17 Å². The van der Waals surface area contributed by atoms with Crippen molar-refractivity contribution in [1.29, 1.82) is 0 Å². The molecule has 0 unspecified atom stereocenters. The molecule has 0 aliphatic carbocycles. The van der Waals surface area contributed by atoms with Gasteiger partial charge in [-0.3, -0.25) is 10.3 Å². The highest BCUT2D eigenvalue weighted by Crippen LogP contribution is 2.38. The Morgan fingerprint density at radius 3 is 2.74 bits per heavy atom. The summed E-state index contributed by atoms with van der Waals surface area (Å²) < 4.78 is 25.1. The van der Waals surface area contributed by atoms with Gasteiger partial charge in [0.2, 0.25) is 6.79 Å². The van der Waals surface area contributed by atoms with E-state index in [9.17, 15) is 9.50 Å². The highest BCUT2D eigenvalue weighted by molar-refractivity contribution is 9.10. The van der Waals surface area contributed by atoms with Crippen LogP contribution in [0.1, 0.15) is 35.3 Å². The smallest absolute Gasteiger partial charge is 0.231 e. The molecule has 0 radical (unpaired) electrons. The predicted octanol–water partition coefficient (Wildman–Crippen LogP) is 5.90. The minimum atomic E-state index is -0.450. The number of phenols is 1. The minimum absolute atomic E-state index is 0.146. The van der Waals surface area contributed by atoms with E-state index in [2.05, 4.69) is 21.2 Å². The Labute approximate surface area is 191 Å². The average Bonchev–Trinajstić information content (AvgIpc) is 3.25. The second-order valence-electron chi connectivity index (χ2n) is 7.35. The van der Waals surface area contributed by atoms with E-state index in [0.29, 0.717) is 33.0 Å². The summed E-state index contributed by atoms with van der Waals surface area (Å²) in [7, 11) is 0. The zero-order valence-electron chi connectivity index (χ0n) is 16.1. The maximum Gasteiger partial charge on any atom is 0.231 e. The average molecular weight is 504 g/mol. The molecule has 0 saturated heterocycles. The van der Waals surface area contributed by atoms with Crippen LogP contribution < -0.4 is 14.8 Å². The number of nitrogens with one attached hydrogen (secondary N) is 1. The normalized spacial score (nSPS) is 19.9. The van der Waals surface area contributed by atoms with Crippen LogP contribution in [0.3, 0.4) is 0 Å². The van der Waals surface area contributed by atoms with Crippen molar-refractivity contribution in [2.24, 2.45) is 4.99 Å². The van der Waals surface area contributed by atoms with Gasteiger partial charge in [-0.15, -0.1) is 0 Å². The van der Waals surface area contributed by atoms with E-state index in [0.717, 1.165) is 16.8 Å². The van der Waals surface area contributed by atoms with Crippen LogP contribution in [0.5, 0.6) is 17.2 Å². The second-order valence-corrected chi connectivity index (χ2v) is 8.64. The molecule has 31 heavy (non-hydrogen) atoms. The Kier molecular flexibility index (Phi) is 5.33. The van der Waals surface area contributed by atoms with Crippen LogP contribution in [0.15, 0.2) is 64.1 Å². The molecule has 3 aromatic rings. The van der Waals surface area contributed by atoms with Crippen LogP contribution in [0.25, 0.3) is 0 Å². The summed E-state index contributed by atoms with van der Waals surface area (Å²) in [4.78, 5) is 4.90. The summed E-state index contributed by atoms with van der Waals surface area (Å²) in [6, 6.07) is 15.2. The first-order valence-corrected chi connectivity index (χ1v) is 10.8. The van der Waals surface area contributed by atoms with Crippen LogP contribution in [-0.2, 0) is 0 Å². The van der Waals surface area contributed by atoms with E-state index in [-0.39, 0.29) is 24.4 Å². The third kappa shape index (κ3) is 4.01. The van der Waals surface area contributed by atoms with Crippen molar-refractivity contribution in [2.45, 2.75) is 18.6 Å². The summed E-state index contributed by atoms with van der Waals surface area (Å²) in [6.45, 7) is 0.193. The van der Waals surface area contributed by atoms with Gasteiger partial charge in [-0.1, -0.05) is 17.7 Å². The number of ether oxygens (including phenoxy) is 2. The number of phenolic OH excluding ortho intramolecular Hbond substituents is 1. The summed E-state index contributed by atoms with van der Waals surface area (Å²) in [5, 5.41) is 14.5. The third-order valence-electron chi connectivity index (χ3n) is 5.37. The van der Waals surface area contributed by atoms with Gasteiger partial charge in [0, 0.05) is 28.8 Å². The van der Waals surface area contributed by atoms with Gasteiger partial charge in [0.25, 0.3) is 0 Å². The second kappa shape index (κ2) is 8.15. The number of hydrogen-bond acceptors (Lipinski definition) is 5. The first kappa shape index (κ1) is 20.3. The van der Waals surface area contributed by atoms with E-state index in [1.807, 2.05) is 18.2 Å². The number of benzene rings is 3. The van der Waals surface area contributed by atoms with Crippen molar-refractivity contribution < 1.29 is 19.0 Å². The van der Waals surface area contributed by atoms with Crippen LogP contribution in [-0.4, -0.2) is 17.6 Å². The first-order chi connectivity index (χ1) is 15.0. The standard InChI is InChI=1S/C23H17BrClFN2O3/c24-16-7-13(1-4-17(16)26)23-27-18(12-2-6-21-22(8-12)31-11-30-21)10-19(28-23)15-9-14(25)3-5-20(15)29/h1-9,19,23,28-29H,10-11H2/t19-,23+/m0/s1. The van der Waals surface area contributed by atoms with Crippen molar-refractivity contribution in [1.82, 2.24) is 5.32 Å². The summed E-state index contributed by atoms with van der Waals surface area (Å²) in [5.74, 6) is 1.17. The zero-order chi connectivity index (χ0) is 21.5. The molecule has 2 heterocycles. The molecule has 0 bridgehead atoms. The Bertz CT molecular complexity index is 1200. The maximum absolute atomic E-state index is 13.8. The molecule has 2 N–H and O–H groups in total. The van der Waals surface area contributed by atoms with Crippen LogP contribution in [0.4, 0.5) is 4.39 Å². The Morgan fingerprint density at radius 1 is 1.06 bits per heavy atom. The number of halogens is 3. The number of nitrogens with zero attached hydrogens (tertiary/aromatic N) is 1. The van der Waals surface area contributed by atoms with Crippen molar-refractivity contribution in [3.05, 3.63) is 86.6 Å². The molecule has 5 rings (SSSR count). The topological polar surface area (TPSA) is 63.1 Å². The van der Waals surface area contributed by atoms with E-state index in [1.54, 1.807) is 30.3 Å². The lowest BCUT2D eigenvalue weighted by Crippen LogP contribution is -2.33. The quantitative estimate of drug-likeness (QED) is 0.467. The van der Waals surface area contributed by atoms with Gasteiger partial charge >= 0.3 is 0 Å². The predicted molar refractivity (Wildman–Crippen MR) is 120 cm³/mol. The molecular weight excluding hydrogens is 487 g/mol. The zero-order valence-corrected chi connectivity index (χ0v) is 18.5. The van der Waals surface area contributed by atoms with Gasteiger partial charge in [-0.25, -0.2) is 4.39 Å². The number of fused-ring (bicyclic) bond motifs is 1. The molecule has 0 fully saturated rings. The van der Waals surface area contributed by atoms with Crippen LogP contribution in [0.2, 0.25) is 5.02 Å². The largest absolute Gasteiger partial charge is 0.508 e. The molecule has 0 amide bonds. The molecule has 158 valence electrons. The van der Waals surface area contributed by atoms with Crippen LogP contribution >= 0.6 is 27.5 Å². The molecule has 0 saturated carbocycles. The fraction of sp³-hybridized carbons (Fsp3) is 0.174. The van der Waals surface area contributed by atoms with Gasteiger partial charge < -0.3 is 14.6 Å². The fourth-order valence-corrected chi connectivity index (χ4v) is 4.39. The summed E-state index contributed by atoms with van der Waals surface area (Å²) in [5.41, 5.74) is 3.18. The van der Waals surface area contributed by atoms with Gasteiger partial charge in [0.1, 0.15) is 17.7 Å². The van der Waals surface area contributed by atoms with E-state index in [1.165, 1.54) is 6.07 Å². The minimum Gasteiger partial charge on any atom is -0.508 e. The molecule has 2 atom stereocenters. The molecular formula is C23H17BrClFN2O3. The Morgan fingerprint density at radius 2 is 1.90 bits per heavy atom. The van der Waals surface area contributed by atoms with Crippen LogP contribution in [0, 0.1) is 5.82 Å². The lowest BCUT2D eigenvalue weighted by atomic mass is 9.93. The molecule has 8 heteroatoms. The molecule has 0 aromatic heterocycles. The number of aromatic hydroxyl groups is 1. The number of rotatable bonds is 3. The van der Waals surface area contributed by atoms with Crippen molar-refractivity contribution in [3.63, 3.8) is 0 Å². The molecule has 2 aliphatic heterocycles. The summed E-state index contributed by atoms with van der Waals surface area (Å²) >= 11 is 9.45. The third-order valence-corrected chi connectivity index (χ3v) is 6.21. The molecule has 0 spiro atoms. The highest BCUT2D eigenvalue weighted by atomic mass is 79.9. The molecule has 2 aliphatic rings. The van der Waals surface area contributed by atoms with Gasteiger partial charge in [0.05, 0.1) is 4.47 Å². The van der Waals surface area contributed by atoms with E-state index >= 15 is 0 Å². The molecule has 5 nitrogen and oxygen atoms in total. The highest BCUT2D eigenvalue weighted by Gasteiger charge is 2.29. The number of aliphatic imine (C=N–C) groups is 1.